The Labute approximate surface area is 326 Å². The fraction of sp³-hybridized carbons (Fsp3) is 0.812. The average Bonchev–Trinajstić information content (AvgIpc) is 3.15. The van der Waals surface area contributed by atoms with Crippen molar-refractivity contribution in [3.8, 4) is 0 Å². The fourth-order valence-electron chi connectivity index (χ4n) is 6.73. The van der Waals surface area contributed by atoms with Crippen molar-refractivity contribution in [2.24, 2.45) is 0 Å². The van der Waals surface area contributed by atoms with Crippen LogP contribution in [0.25, 0.3) is 0 Å². The maximum absolute atomic E-state index is 13.0. The van der Waals surface area contributed by atoms with Crippen LogP contribution >= 0.6 is 0 Å². The summed E-state index contributed by atoms with van der Waals surface area (Å²) >= 11 is 0. The molecule has 0 saturated carbocycles. The summed E-state index contributed by atoms with van der Waals surface area (Å²) in [6, 6.07) is 0. The van der Waals surface area contributed by atoms with Gasteiger partial charge in [-0.2, -0.15) is 0 Å². The van der Waals surface area contributed by atoms with Gasteiger partial charge in [-0.1, -0.05) is 166 Å². The van der Waals surface area contributed by atoms with E-state index < -0.39 is 0 Å². The minimum absolute atomic E-state index is 0.0636. The van der Waals surface area contributed by atoms with Crippen molar-refractivity contribution in [1.82, 2.24) is 9.80 Å². The van der Waals surface area contributed by atoms with E-state index in [1.165, 1.54) is 154 Å². The van der Waals surface area contributed by atoms with E-state index in [9.17, 15) is 4.79 Å². The highest BCUT2D eigenvalue weighted by atomic mass is 16.6. The lowest BCUT2D eigenvalue weighted by atomic mass is 10.0. The van der Waals surface area contributed by atoms with E-state index in [4.69, 9.17) is 4.74 Å². The van der Waals surface area contributed by atoms with Crippen LogP contribution in [-0.4, -0.2) is 55.2 Å². The van der Waals surface area contributed by atoms with E-state index >= 15 is 0 Å². The molecular weight excluding hydrogens is 637 g/mol. The van der Waals surface area contributed by atoms with E-state index in [0.29, 0.717) is 0 Å². The summed E-state index contributed by atoms with van der Waals surface area (Å²) in [6.45, 7) is 12.9. The normalized spacial score (nSPS) is 12.3. The zero-order valence-electron chi connectivity index (χ0n) is 35.7. The van der Waals surface area contributed by atoms with Crippen LogP contribution in [0.15, 0.2) is 48.6 Å². The van der Waals surface area contributed by atoms with E-state index in [2.05, 4.69) is 81.2 Å². The molecule has 0 aliphatic rings. The van der Waals surface area contributed by atoms with Crippen molar-refractivity contribution >= 4 is 6.09 Å². The Hall–Kier alpha value is -1.81. The summed E-state index contributed by atoms with van der Waals surface area (Å²) in [5.41, 5.74) is 0. The number of carbonyl (C=O) groups excluding carboxylic acids is 1. The molecule has 0 atom stereocenters. The summed E-state index contributed by atoms with van der Waals surface area (Å²) in [7, 11) is 1.91. The van der Waals surface area contributed by atoms with Crippen LogP contribution in [-0.2, 0) is 4.74 Å². The summed E-state index contributed by atoms with van der Waals surface area (Å²) in [4.78, 5) is 17.2. The Morgan fingerprint density at radius 2 is 0.827 bits per heavy atom. The van der Waals surface area contributed by atoms with Gasteiger partial charge in [0.05, 0.1) is 0 Å². The second kappa shape index (κ2) is 41.9. The molecule has 304 valence electrons. The molecule has 4 nitrogen and oxygen atoms in total. The number of hydrogen-bond donors (Lipinski definition) is 0. The second-order valence-corrected chi connectivity index (χ2v) is 15.3. The van der Waals surface area contributed by atoms with Crippen molar-refractivity contribution in [2.45, 2.75) is 220 Å². The zero-order chi connectivity index (χ0) is 38.0. The summed E-state index contributed by atoms with van der Waals surface area (Å²) in [5, 5.41) is 0. The molecule has 0 aliphatic heterocycles. The molecule has 0 radical (unpaired) electrons. The topological polar surface area (TPSA) is 32.8 Å². The number of rotatable bonds is 39. The molecule has 0 N–H and O–H groups in total. The van der Waals surface area contributed by atoms with Gasteiger partial charge in [-0.3, -0.25) is 0 Å². The molecule has 0 aromatic carbocycles. The van der Waals surface area contributed by atoms with Gasteiger partial charge in [0.25, 0.3) is 0 Å². The van der Waals surface area contributed by atoms with Crippen molar-refractivity contribution < 1.29 is 9.53 Å². The predicted octanol–water partition coefficient (Wildman–Crippen LogP) is 15.3. The van der Waals surface area contributed by atoms with Gasteiger partial charge in [-0.25, -0.2) is 4.79 Å². The molecule has 1 amide bonds. The lowest BCUT2D eigenvalue weighted by Gasteiger charge is -2.24. The molecule has 0 heterocycles. The smallest absolute Gasteiger partial charge is 0.409 e. The van der Waals surface area contributed by atoms with Gasteiger partial charge < -0.3 is 14.5 Å². The molecule has 0 aromatic rings. The van der Waals surface area contributed by atoms with Crippen LogP contribution in [0.3, 0.4) is 0 Å². The van der Waals surface area contributed by atoms with Crippen molar-refractivity contribution in [3.05, 3.63) is 48.6 Å². The third-order valence-electron chi connectivity index (χ3n) is 10.4. The SMILES string of the molecule is CCCCC/C=C/C/C=C/CCCCCCCCCC(CCCCCCCCC/C=C/C/C=C/CCCCC)OC(=O)N(C)CCCN(CC)CC. The number of hydrogen-bond acceptors (Lipinski definition) is 3. The quantitative estimate of drug-likeness (QED) is 0.0467. The Balaban J connectivity index is 4.24. The molecule has 0 unspecified atom stereocenters. The standard InChI is InChI=1S/C48H90N2O2/c1-6-10-12-14-16-18-20-22-24-26-28-30-32-34-36-38-40-43-47(52-48(51)49(5)45-42-46-50(8-3)9-4)44-41-39-37-35-33-31-29-27-25-23-21-19-17-15-13-11-7-2/h16-19,22-25,47H,6-15,20-21,26-46H2,1-5H3/b18-16+,19-17+,24-22+,25-23+. The number of allylic oxidation sites excluding steroid dienone is 8. The third-order valence-corrected chi connectivity index (χ3v) is 10.4. The highest BCUT2D eigenvalue weighted by Gasteiger charge is 2.17. The van der Waals surface area contributed by atoms with Crippen LogP contribution in [0.5, 0.6) is 0 Å². The second-order valence-electron chi connectivity index (χ2n) is 15.3. The summed E-state index contributed by atoms with van der Waals surface area (Å²) in [6.07, 6.45) is 54.9. The molecule has 0 rings (SSSR count). The number of ether oxygens (including phenoxy) is 1. The molecular formula is C48H90N2O2. The fourth-order valence-corrected chi connectivity index (χ4v) is 6.73. The first-order chi connectivity index (χ1) is 25.6. The zero-order valence-corrected chi connectivity index (χ0v) is 35.7. The van der Waals surface area contributed by atoms with Crippen molar-refractivity contribution in [2.75, 3.05) is 33.2 Å². The van der Waals surface area contributed by atoms with E-state index in [0.717, 1.165) is 58.3 Å². The Kier molecular flexibility index (Phi) is 40.5. The minimum Gasteiger partial charge on any atom is -0.446 e. The Morgan fingerprint density at radius 3 is 1.21 bits per heavy atom. The van der Waals surface area contributed by atoms with Crippen LogP contribution in [0.1, 0.15) is 214 Å². The lowest BCUT2D eigenvalue weighted by molar-refractivity contribution is 0.0575. The van der Waals surface area contributed by atoms with Crippen molar-refractivity contribution in [1.29, 1.82) is 0 Å². The third kappa shape index (κ3) is 36.5. The molecule has 0 aromatic heterocycles. The first-order valence-electron chi connectivity index (χ1n) is 22.8. The minimum atomic E-state index is -0.126. The number of amides is 1. The van der Waals surface area contributed by atoms with Gasteiger partial charge in [-0.05, 0) is 116 Å². The number of unbranched alkanes of at least 4 members (excludes halogenated alkanes) is 20. The monoisotopic (exact) mass is 727 g/mol. The molecule has 0 saturated heterocycles. The van der Waals surface area contributed by atoms with Crippen LogP contribution in [0.2, 0.25) is 0 Å². The van der Waals surface area contributed by atoms with Gasteiger partial charge >= 0.3 is 6.09 Å². The first kappa shape index (κ1) is 50.2. The molecule has 4 heteroatoms. The summed E-state index contributed by atoms with van der Waals surface area (Å²) < 4.78 is 6.13. The largest absolute Gasteiger partial charge is 0.446 e. The molecule has 0 spiro atoms. The van der Waals surface area contributed by atoms with Crippen LogP contribution in [0.4, 0.5) is 4.79 Å². The van der Waals surface area contributed by atoms with Crippen LogP contribution < -0.4 is 0 Å². The predicted molar refractivity (Wildman–Crippen MR) is 232 cm³/mol. The van der Waals surface area contributed by atoms with Gasteiger partial charge in [0.15, 0.2) is 0 Å². The van der Waals surface area contributed by atoms with E-state index in [-0.39, 0.29) is 12.2 Å². The highest BCUT2D eigenvalue weighted by molar-refractivity contribution is 5.67. The van der Waals surface area contributed by atoms with Gasteiger partial charge in [0, 0.05) is 13.6 Å². The van der Waals surface area contributed by atoms with Gasteiger partial charge in [0.2, 0.25) is 0 Å². The number of carbonyl (C=O) groups is 1. The Bertz CT molecular complexity index is 793. The average molecular weight is 727 g/mol. The first-order valence-corrected chi connectivity index (χ1v) is 22.8. The highest BCUT2D eigenvalue weighted by Crippen LogP contribution is 2.19. The van der Waals surface area contributed by atoms with Gasteiger partial charge in [0.1, 0.15) is 6.10 Å². The molecule has 52 heavy (non-hydrogen) atoms. The lowest BCUT2D eigenvalue weighted by Crippen LogP contribution is -2.34. The molecule has 0 fully saturated rings. The molecule has 0 aliphatic carbocycles. The van der Waals surface area contributed by atoms with E-state index in [1.807, 2.05) is 7.05 Å². The maximum Gasteiger partial charge on any atom is 0.409 e. The Morgan fingerprint density at radius 1 is 0.462 bits per heavy atom. The summed E-state index contributed by atoms with van der Waals surface area (Å²) in [5.74, 6) is 0. The van der Waals surface area contributed by atoms with Crippen LogP contribution in [0, 0.1) is 0 Å². The number of nitrogens with zero attached hydrogens (tertiary/aromatic N) is 2. The van der Waals surface area contributed by atoms with Crippen molar-refractivity contribution in [3.63, 3.8) is 0 Å². The van der Waals surface area contributed by atoms with Gasteiger partial charge in [-0.15, -0.1) is 0 Å². The van der Waals surface area contributed by atoms with E-state index in [1.54, 1.807) is 4.90 Å². The maximum atomic E-state index is 13.0. The molecule has 0 bridgehead atoms.